The van der Waals surface area contributed by atoms with Crippen molar-refractivity contribution in [1.82, 2.24) is 5.32 Å². The van der Waals surface area contributed by atoms with Gasteiger partial charge in [-0.1, -0.05) is 6.92 Å². The zero-order valence-electron chi connectivity index (χ0n) is 11.9. The summed E-state index contributed by atoms with van der Waals surface area (Å²) in [6.45, 7) is 6.32. The van der Waals surface area contributed by atoms with Crippen molar-refractivity contribution in [3.8, 4) is 0 Å². The topological polar surface area (TPSA) is 47.6 Å². The van der Waals surface area contributed by atoms with E-state index in [9.17, 15) is 4.79 Å². The van der Waals surface area contributed by atoms with Crippen LogP contribution in [0.1, 0.15) is 39.5 Å². The van der Waals surface area contributed by atoms with E-state index in [0.717, 1.165) is 38.8 Å². The molecule has 1 aliphatic carbocycles. The maximum atomic E-state index is 11.6. The van der Waals surface area contributed by atoms with Gasteiger partial charge in [0.25, 0.3) is 0 Å². The monoisotopic (exact) mass is 257 g/mol. The molecule has 0 spiro atoms. The zero-order valence-corrected chi connectivity index (χ0v) is 11.9. The molecule has 1 fully saturated rings. The molecule has 1 aliphatic rings. The van der Waals surface area contributed by atoms with Crippen LogP contribution in [0.2, 0.25) is 0 Å². The molecule has 0 saturated heterocycles. The minimum Gasteiger partial charge on any atom is -0.466 e. The first-order chi connectivity index (χ1) is 8.67. The minimum absolute atomic E-state index is 0.0105. The largest absolute Gasteiger partial charge is 0.466 e. The standard InChI is InChI=1S/C14H27NO3/c1-4-18-14(16)12-5-7-13(8-6-12)15-9-11(2)10-17-3/h11-13,15H,4-10H2,1-3H3. The highest BCUT2D eigenvalue weighted by molar-refractivity contribution is 5.72. The van der Waals surface area contributed by atoms with Gasteiger partial charge in [0.1, 0.15) is 0 Å². The van der Waals surface area contributed by atoms with Gasteiger partial charge in [-0.2, -0.15) is 0 Å². The molecule has 1 atom stereocenters. The molecule has 0 radical (unpaired) electrons. The molecule has 1 saturated carbocycles. The number of methoxy groups -OCH3 is 1. The molecule has 0 heterocycles. The zero-order chi connectivity index (χ0) is 13.4. The van der Waals surface area contributed by atoms with E-state index in [1.807, 2.05) is 6.92 Å². The normalized spacial score (nSPS) is 25.7. The van der Waals surface area contributed by atoms with E-state index in [1.54, 1.807) is 7.11 Å². The number of hydrogen-bond acceptors (Lipinski definition) is 4. The van der Waals surface area contributed by atoms with E-state index >= 15 is 0 Å². The van der Waals surface area contributed by atoms with Crippen LogP contribution in [0.4, 0.5) is 0 Å². The van der Waals surface area contributed by atoms with Crippen molar-refractivity contribution in [3.63, 3.8) is 0 Å². The molecular weight excluding hydrogens is 230 g/mol. The van der Waals surface area contributed by atoms with Crippen LogP contribution in [0.25, 0.3) is 0 Å². The van der Waals surface area contributed by atoms with E-state index in [-0.39, 0.29) is 11.9 Å². The third kappa shape index (κ3) is 5.36. The molecule has 1 unspecified atom stereocenters. The summed E-state index contributed by atoms with van der Waals surface area (Å²) in [4.78, 5) is 11.6. The number of nitrogens with one attached hydrogen (secondary N) is 1. The Morgan fingerprint density at radius 2 is 2.00 bits per heavy atom. The number of ether oxygens (including phenoxy) is 2. The Labute approximate surface area is 110 Å². The van der Waals surface area contributed by atoms with E-state index in [4.69, 9.17) is 9.47 Å². The van der Waals surface area contributed by atoms with Gasteiger partial charge in [0.2, 0.25) is 0 Å². The number of rotatable bonds is 7. The summed E-state index contributed by atoms with van der Waals surface area (Å²) in [5, 5.41) is 3.57. The van der Waals surface area contributed by atoms with Crippen molar-refractivity contribution in [1.29, 1.82) is 0 Å². The summed E-state index contributed by atoms with van der Waals surface area (Å²) in [5.74, 6) is 0.654. The summed E-state index contributed by atoms with van der Waals surface area (Å²) < 4.78 is 10.2. The maximum absolute atomic E-state index is 11.6. The second-order valence-electron chi connectivity index (χ2n) is 5.27. The quantitative estimate of drug-likeness (QED) is 0.708. The molecule has 0 aromatic heterocycles. The van der Waals surface area contributed by atoms with E-state index in [2.05, 4.69) is 12.2 Å². The Bertz CT molecular complexity index is 237. The van der Waals surface area contributed by atoms with Crippen LogP contribution >= 0.6 is 0 Å². The first-order valence-electron chi connectivity index (χ1n) is 7.06. The highest BCUT2D eigenvalue weighted by Crippen LogP contribution is 2.25. The van der Waals surface area contributed by atoms with Gasteiger partial charge < -0.3 is 14.8 Å². The van der Waals surface area contributed by atoms with E-state index in [1.165, 1.54) is 0 Å². The Morgan fingerprint density at radius 3 is 2.56 bits per heavy atom. The number of hydrogen-bond donors (Lipinski definition) is 1. The molecule has 0 aliphatic heterocycles. The maximum Gasteiger partial charge on any atom is 0.308 e. The molecule has 4 nitrogen and oxygen atoms in total. The fraction of sp³-hybridized carbons (Fsp3) is 0.929. The molecule has 1 rings (SSSR count). The fourth-order valence-corrected chi connectivity index (χ4v) is 2.50. The van der Waals surface area contributed by atoms with Crippen LogP contribution in [0.3, 0.4) is 0 Å². The lowest BCUT2D eigenvalue weighted by Gasteiger charge is -2.28. The summed E-state index contributed by atoms with van der Waals surface area (Å²) >= 11 is 0. The van der Waals surface area contributed by atoms with Crippen LogP contribution in [-0.2, 0) is 14.3 Å². The Morgan fingerprint density at radius 1 is 1.33 bits per heavy atom. The second kappa shape index (κ2) is 8.48. The minimum atomic E-state index is -0.0105. The SMILES string of the molecule is CCOC(=O)C1CCC(NCC(C)COC)CC1. The molecule has 4 heteroatoms. The van der Waals surface area contributed by atoms with E-state index < -0.39 is 0 Å². The predicted octanol–water partition coefficient (Wildman–Crippen LogP) is 1.98. The van der Waals surface area contributed by atoms with Crippen molar-refractivity contribution >= 4 is 5.97 Å². The Hall–Kier alpha value is -0.610. The Balaban J connectivity index is 2.17. The van der Waals surface area contributed by atoms with Crippen molar-refractivity contribution in [2.75, 3.05) is 26.9 Å². The predicted molar refractivity (Wildman–Crippen MR) is 71.4 cm³/mol. The number of carbonyl (C=O) groups is 1. The second-order valence-corrected chi connectivity index (χ2v) is 5.27. The lowest BCUT2D eigenvalue weighted by atomic mass is 9.86. The molecule has 0 aromatic rings. The fourth-order valence-electron chi connectivity index (χ4n) is 2.50. The molecule has 0 aromatic carbocycles. The van der Waals surface area contributed by atoms with Crippen molar-refractivity contribution in [2.24, 2.45) is 11.8 Å². The van der Waals surface area contributed by atoms with Crippen LogP contribution in [0.15, 0.2) is 0 Å². The van der Waals surface area contributed by atoms with Gasteiger partial charge in [-0.15, -0.1) is 0 Å². The van der Waals surface area contributed by atoms with Gasteiger partial charge in [0.15, 0.2) is 0 Å². The lowest BCUT2D eigenvalue weighted by Crippen LogP contribution is -2.38. The smallest absolute Gasteiger partial charge is 0.308 e. The summed E-state index contributed by atoms with van der Waals surface area (Å²) in [6.07, 6.45) is 4.05. The highest BCUT2D eigenvalue weighted by Gasteiger charge is 2.26. The molecule has 1 N–H and O–H groups in total. The van der Waals surface area contributed by atoms with Gasteiger partial charge >= 0.3 is 5.97 Å². The summed E-state index contributed by atoms with van der Waals surface area (Å²) in [5.41, 5.74) is 0. The van der Waals surface area contributed by atoms with Crippen LogP contribution in [0, 0.1) is 11.8 Å². The lowest BCUT2D eigenvalue weighted by molar-refractivity contribution is -0.149. The van der Waals surface area contributed by atoms with Crippen molar-refractivity contribution in [3.05, 3.63) is 0 Å². The highest BCUT2D eigenvalue weighted by atomic mass is 16.5. The van der Waals surface area contributed by atoms with Gasteiger partial charge in [0.05, 0.1) is 12.5 Å². The third-order valence-corrected chi connectivity index (χ3v) is 3.55. The molecular formula is C14H27NO3. The average molecular weight is 257 g/mol. The Kier molecular flexibility index (Phi) is 7.28. The van der Waals surface area contributed by atoms with Gasteiger partial charge in [-0.3, -0.25) is 4.79 Å². The van der Waals surface area contributed by atoms with E-state index in [0.29, 0.717) is 18.6 Å². The van der Waals surface area contributed by atoms with Crippen LogP contribution in [-0.4, -0.2) is 38.9 Å². The van der Waals surface area contributed by atoms with Crippen molar-refractivity contribution < 1.29 is 14.3 Å². The number of carbonyl (C=O) groups excluding carboxylic acids is 1. The molecule has 0 amide bonds. The van der Waals surface area contributed by atoms with Gasteiger partial charge in [0, 0.05) is 26.3 Å². The molecule has 0 bridgehead atoms. The van der Waals surface area contributed by atoms with Gasteiger partial charge in [-0.25, -0.2) is 0 Å². The van der Waals surface area contributed by atoms with Gasteiger partial charge in [-0.05, 0) is 38.5 Å². The van der Waals surface area contributed by atoms with Crippen LogP contribution in [0.5, 0.6) is 0 Å². The van der Waals surface area contributed by atoms with Crippen LogP contribution < -0.4 is 5.32 Å². The summed E-state index contributed by atoms with van der Waals surface area (Å²) in [6, 6.07) is 0.551. The average Bonchev–Trinajstić information content (AvgIpc) is 2.37. The summed E-state index contributed by atoms with van der Waals surface area (Å²) in [7, 11) is 1.74. The molecule has 18 heavy (non-hydrogen) atoms. The third-order valence-electron chi connectivity index (χ3n) is 3.55. The number of esters is 1. The first-order valence-corrected chi connectivity index (χ1v) is 7.06. The van der Waals surface area contributed by atoms with Crippen molar-refractivity contribution in [2.45, 2.75) is 45.6 Å². The first kappa shape index (κ1) is 15.4. The molecule has 106 valence electrons.